The molecule has 1 amide bonds. The summed E-state index contributed by atoms with van der Waals surface area (Å²) in [6.07, 6.45) is 13.2. The molecule has 0 aromatic heterocycles. The average Bonchev–Trinajstić information content (AvgIpc) is 3.64. The lowest BCUT2D eigenvalue weighted by atomic mass is 9.89. The molecule has 0 spiro atoms. The fourth-order valence-electron chi connectivity index (χ4n) is 7.94. The van der Waals surface area contributed by atoms with Crippen LogP contribution in [0.2, 0.25) is 0 Å². The lowest BCUT2D eigenvalue weighted by Gasteiger charge is -2.39. The topological polar surface area (TPSA) is 218 Å². The molecule has 3 heterocycles. The van der Waals surface area contributed by atoms with E-state index in [1.807, 2.05) is 6.92 Å². The van der Waals surface area contributed by atoms with Gasteiger partial charge in [0, 0.05) is 25.5 Å². The highest BCUT2D eigenvalue weighted by Crippen LogP contribution is 2.34. The second-order valence-corrected chi connectivity index (χ2v) is 16.1. The summed E-state index contributed by atoms with van der Waals surface area (Å²) in [5.74, 6) is -0.808. The van der Waals surface area contributed by atoms with Gasteiger partial charge < -0.3 is 55.2 Å². The third-order valence-corrected chi connectivity index (χ3v) is 11.3. The van der Waals surface area contributed by atoms with E-state index in [-0.39, 0.29) is 42.1 Å². The summed E-state index contributed by atoms with van der Waals surface area (Å²) < 4.78 is 10.8. The Morgan fingerprint density at radius 2 is 1.44 bits per heavy atom. The molecule has 3 saturated heterocycles. The minimum absolute atomic E-state index is 0.0797. The molecule has 0 aliphatic carbocycles. The van der Waals surface area contributed by atoms with Crippen LogP contribution in [-0.4, -0.2) is 132 Å². The van der Waals surface area contributed by atoms with Gasteiger partial charge in [0.05, 0.1) is 31.0 Å². The highest BCUT2D eigenvalue weighted by molar-refractivity contribution is 6.27. The lowest BCUT2D eigenvalue weighted by Crippen LogP contribution is -2.59. The van der Waals surface area contributed by atoms with Crippen molar-refractivity contribution in [3.05, 3.63) is 23.5 Å². The zero-order valence-electron chi connectivity index (χ0n) is 32.7. The Morgan fingerprint density at radius 1 is 0.815 bits per heavy atom. The summed E-state index contributed by atoms with van der Waals surface area (Å²) in [7, 11) is 0. The third kappa shape index (κ3) is 14.9. The van der Waals surface area contributed by atoms with Gasteiger partial charge >= 0.3 is 0 Å². The first-order chi connectivity index (χ1) is 25.8. The van der Waals surface area contributed by atoms with E-state index in [0.29, 0.717) is 38.2 Å². The van der Waals surface area contributed by atoms with E-state index in [1.54, 1.807) is 0 Å². The van der Waals surface area contributed by atoms with Crippen LogP contribution in [0.5, 0.6) is 0 Å². The number of hydrogen-bond acceptors (Lipinski definition) is 12. The highest BCUT2D eigenvalue weighted by atomic mass is 16.7. The maximum Gasteiger partial charge on any atom is 0.261 e. The first kappa shape index (κ1) is 46.4. The Hall–Kier alpha value is -1.94. The summed E-state index contributed by atoms with van der Waals surface area (Å²) >= 11 is 0. The number of unbranched alkanes of at least 4 members (excludes halogenated alkanes) is 9. The quantitative estimate of drug-likeness (QED) is 0.0197. The Bertz CT molecular complexity index is 1140. The van der Waals surface area contributed by atoms with E-state index in [2.05, 4.69) is 19.1 Å². The van der Waals surface area contributed by atoms with Crippen molar-refractivity contribution in [1.29, 1.82) is 0 Å². The SMILES string of the molecule is C[C@H](CCCCCCCC=CC[C@H](O)CCC[C@H](O)CCCCCCCO[C@@H]1O[C@H](CO)[C@@H](O)[C@H](O)[C@@H]1O)C[C@H](C)C(O)=C1C(=O)[C@@H]2C[C@@H](O)CN2C1=O. The number of ketones is 1. The minimum Gasteiger partial charge on any atom is -0.511 e. The second kappa shape index (κ2) is 24.6. The van der Waals surface area contributed by atoms with Gasteiger partial charge in [0.15, 0.2) is 12.1 Å². The first-order valence-electron chi connectivity index (χ1n) is 20.7. The van der Waals surface area contributed by atoms with Crippen LogP contribution in [0.3, 0.4) is 0 Å². The maximum atomic E-state index is 12.7. The van der Waals surface area contributed by atoms with Gasteiger partial charge in [0.2, 0.25) is 0 Å². The molecule has 3 rings (SSSR count). The number of Topliss-reactive ketones (excluding diaryl/α,β-unsaturated/α-hetero) is 1. The van der Waals surface area contributed by atoms with Crippen molar-refractivity contribution >= 4 is 11.7 Å². The molecular weight excluding hydrogens is 698 g/mol. The van der Waals surface area contributed by atoms with Crippen LogP contribution < -0.4 is 0 Å². The molecule has 3 aliphatic heterocycles. The summed E-state index contributed by atoms with van der Waals surface area (Å²) in [5.41, 5.74) is -0.0797. The highest BCUT2D eigenvalue weighted by Gasteiger charge is 2.50. The zero-order valence-corrected chi connectivity index (χ0v) is 32.7. The predicted octanol–water partition coefficient (Wildman–Crippen LogP) is 3.73. The Balaban J connectivity index is 1.09. The molecule has 3 aliphatic rings. The number of hydrogen-bond donors (Lipinski definition) is 8. The van der Waals surface area contributed by atoms with E-state index < -0.39 is 61.5 Å². The van der Waals surface area contributed by atoms with Gasteiger partial charge in [-0.2, -0.15) is 0 Å². The molecular formula is C41H71NO12. The fourth-order valence-corrected chi connectivity index (χ4v) is 7.94. The Labute approximate surface area is 322 Å². The van der Waals surface area contributed by atoms with Crippen molar-refractivity contribution in [2.75, 3.05) is 19.8 Å². The fraction of sp³-hybridized carbons (Fsp3) is 0.854. The molecule has 13 heteroatoms. The van der Waals surface area contributed by atoms with Gasteiger partial charge in [0.1, 0.15) is 35.7 Å². The predicted molar refractivity (Wildman–Crippen MR) is 203 cm³/mol. The van der Waals surface area contributed by atoms with Gasteiger partial charge in [-0.25, -0.2) is 0 Å². The molecule has 312 valence electrons. The normalized spacial score (nSPS) is 29.2. The molecule has 54 heavy (non-hydrogen) atoms. The number of amides is 1. The average molecular weight is 770 g/mol. The van der Waals surface area contributed by atoms with E-state index >= 15 is 0 Å². The van der Waals surface area contributed by atoms with Gasteiger partial charge in [-0.1, -0.05) is 83.8 Å². The van der Waals surface area contributed by atoms with Gasteiger partial charge in [-0.3, -0.25) is 9.59 Å². The molecule has 11 atom stereocenters. The molecule has 0 radical (unpaired) electrons. The van der Waals surface area contributed by atoms with Gasteiger partial charge in [-0.05, 0) is 63.7 Å². The number of aliphatic hydroxyl groups excluding tert-OH is 8. The van der Waals surface area contributed by atoms with Crippen molar-refractivity contribution in [3.63, 3.8) is 0 Å². The van der Waals surface area contributed by atoms with Crippen LogP contribution >= 0.6 is 0 Å². The van der Waals surface area contributed by atoms with Crippen molar-refractivity contribution in [2.45, 2.75) is 191 Å². The Morgan fingerprint density at radius 3 is 2.15 bits per heavy atom. The number of carbonyl (C=O) groups excluding carboxylic acids is 2. The van der Waals surface area contributed by atoms with Crippen LogP contribution in [0, 0.1) is 11.8 Å². The molecule has 0 bridgehead atoms. The zero-order chi connectivity index (χ0) is 39.6. The van der Waals surface area contributed by atoms with Crippen molar-refractivity contribution in [3.8, 4) is 0 Å². The van der Waals surface area contributed by atoms with Gasteiger partial charge in [0.25, 0.3) is 5.91 Å². The van der Waals surface area contributed by atoms with Crippen molar-refractivity contribution < 1.29 is 59.9 Å². The third-order valence-electron chi connectivity index (χ3n) is 11.3. The van der Waals surface area contributed by atoms with Crippen molar-refractivity contribution in [1.82, 2.24) is 4.90 Å². The number of fused-ring (bicyclic) bond motifs is 1. The molecule has 0 saturated carbocycles. The van der Waals surface area contributed by atoms with E-state index in [9.17, 15) is 50.4 Å². The summed E-state index contributed by atoms with van der Waals surface area (Å²) in [6, 6.07) is -0.630. The summed E-state index contributed by atoms with van der Waals surface area (Å²) in [6.45, 7) is 4.01. The Kier molecular flexibility index (Phi) is 21.2. The van der Waals surface area contributed by atoms with Gasteiger partial charge in [-0.15, -0.1) is 0 Å². The number of allylic oxidation sites excluding steroid dienone is 2. The van der Waals surface area contributed by atoms with Crippen LogP contribution in [-0.2, 0) is 19.1 Å². The lowest BCUT2D eigenvalue weighted by molar-refractivity contribution is -0.301. The van der Waals surface area contributed by atoms with Crippen molar-refractivity contribution in [2.24, 2.45) is 11.8 Å². The first-order valence-corrected chi connectivity index (χ1v) is 20.7. The minimum atomic E-state index is -1.44. The number of nitrogens with zero attached hydrogens (tertiary/aromatic N) is 1. The molecule has 3 fully saturated rings. The number of carbonyl (C=O) groups is 2. The smallest absolute Gasteiger partial charge is 0.261 e. The van der Waals surface area contributed by atoms with E-state index in [0.717, 1.165) is 89.9 Å². The van der Waals surface area contributed by atoms with E-state index in [1.165, 1.54) is 4.90 Å². The largest absolute Gasteiger partial charge is 0.511 e. The maximum absolute atomic E-state index is 12.7. The summed E-state index contributed by atoms with van der Waals surface area (Å²) in [4.78, 5) is 26.7. The molecule has 0 unspecified atom stereocenters. The van der Waals surface area contributed by atoms with Crippen LogP contribution in [0.25, 0.3) is 0 Å². The molecule has 8 N–H and O–H groups in total. The van der Waals surface area contributed by atoms with Crippen LogP contribution in [0.15, 0.2) is 23.5 Å². The number of aliphatic hydroxyl groups is 8. The number of ether oxygens (including phenoxy) is 2. The van der Waals surface area contributed by atoms with Crippen LogP contribution in [0.4, 0.5) is 0 Å². The second-order valence-electron chi connectivity index (χ2n) is 16.1. The molecule has 0 aromatic rings. The standard InChI is InChI=1S/C41H71NO12/c1-27(23-28(2)35(47)34-36(48)32-24-31(46)25-42(32)40(34)52)17-12-8-5-3-4-6-9-13-18-29(44)20-16-21-30(45)19-14-10-7-11-15-22-53-41-39(51)38(50)37(49)33(26-43)54-41/h9,13,27-33,37-39,41,43-47,49-51H,3-8,10-12,14-26H2,1-2H3/t27-,28+,29+,30-,31-,32+,33-,37-,38+,39+,41-/m1/s1. The molecule has 0 aromatic carbocycles. The van der Waals surface area contributed by atoms with E-state index in [4.69, 9.17) is 9.47 Å². The summed E-state index contributed by atoms with van der Waals surface area (Å²) in [5, 5.41) is 80.1. The number of rotatable bonds is 27. The van der Waals surface area contributed by atoms with Crippen LogP contribution in [0.1, 0.15) is 136 Å². The molecule has 13 nitrogen and oxygen atoms in total. The monoisotopic (exact) mass is 769 g/mol.